The van der Waals surface area contributed by atoms with Gasteiger partial charge in [0.2, 0.25) is 0 Å². The first-order valence-corrected chi connectivity index (χ1v) is 3.91. The van der Waals surface area contributed by atoms with Gasteiger partial charge >= 0.3 is 7.32 Å². The van der Waals surface area contributed by atoms with Crippen LogP contribution in [0.2, 0.25) is 0 Å². The van der Waals surface area contributed by atoms with E-state index in [0.717, 1.165) is 0 Å². The molecule has 0 bridgehead atoms. The average Bonchev–Trinajstić information content (AvgIpc) is 2.08. The number of halogens is 1. The lowest BCUT2D eigenvalue weighted by molar-refractivity contribution is 0.272. The third-order valence-corrected chi connectivity index (χ3v) is 1.60. The summed E-state index contributed by atoms with van der Waals surface area (Å²) in [6, 6.07) is 2.74. The van der Waals surface area contributed by atoms with Crippen molar-refractivity contribution in [3.63, 3.8) is 0 Å². The number of aryl methyl sites for hydroxylation is 1. The smallest absolute Gasteiger partial charge is 0.507 e. The maximum Gasteiger partial charge on any atom is 0.707 e. The van der Waals surface area contributed by atoms with E-state index in [2.05, 4.69) is 4.65 Å². The summed E-state index contributed by atoms with van der Waals surface area (Å²) in [7, 11) is -0.730. The Morgan fingerprint density at radius 2 is 2.00 bits per heavy atom. The Bertz CT molecular complexity index is 329. The van der Waals surface area contributed by atoms with Crippen LogP contribution >= 0.6 is 0 Å². The van der Waals surface area contributed by atoms with E-state index < -0.39 is 13.1 Å². The van der Waals surface area contributed by atoms with Crippen LogP contribution in [-0.4, -0.2) is 24.5 Å². The van der Waals surface area contributed by atoms with E-state index in [-0.39, 0.29) is 11.5 Å². The van der Waals surface area contributed by atoms with Crippen LogP contribution in [0.15, 0.2) is 12.1 Å². The number of benzene rings is 1. The molecule has 0 fully saturated rings. The zero-order valence-corrected chi connectivity index (χ0v) is 7.82. The average molecular weight is 200 g/mol. The molecule has 0 radical (unpaired) electrons. The number of hydrogen-bond acceptors (Lipinski definition) is 4. The summed E-state index contributed by atoms with van der Waals surface area (Å²) >= 11 is 0. The van der Waals surface area contributed by atoms with Crippen LogP contribution in [0.25, 0.3) is 0 Å². The Kier molecular flexibility index (Phi) is 3.32. The van der Waals surface area contributed by atoms with Crippen molar-refractivity contribution in [2.45, 2.75) is 6.92 Å². The molecule has 14 heavy (non-hydrogen) atoms. The molecule has 1 aromatic carbocycles. The first-order chi connectivity index (χ1) is 6.54. The Labute approximate surface area is 81.1 Å². The highest BCUT2D eigenvalue weighted by Gasteiger charge is 2.19. The van der Waals surface area contributed by atoms with Crippen LogP contribution in [0, 0.1) is 12.7 Å². The van der Waals surface area contributed by atoms with Gasteiger partial charge in [0.15, 0.2) is 17.3 Å². The second-order valence-electron chi connectivity index (χ2n) is 2.72. The molecule has 0 atom stereocenters. The quantitative estimate of drug-likeness (QED) is 0.697. The first kappa shape index (κ1) is 10.8. The van der Waals surface area contributed by atoms with E-state index in [0.29, 0.717) is 5.56 Å². The molecule has 0 aliphatic heterocycles. The maximum absolute atomic E-state index is 13.2. The van der Waals surface area contributed by atoms with Gasteiger partial charge in [0, 0.05) is 0 Å². The van der Waals surface area contributed by atoms with Crippen molar-refractivity contribution in [1.82, 2.24) is 0 Å². The van der Waals surface area contributed by atoms with E-state index in [4.69, 9.17) is 14.8 Å². The Morgan fingerprint density at radius 3 is 2.50 bits per heavy atom. The van der Waals surface area contributed by atoms with Gasteiger partial charge in [0.05, 0.1) is 7.11 Å². The molecule has 1 rings (SSSR count). The largest absolute Gasteiger partial charge is 0.707 e. The van der Waals surface area contributed by atoms with Crippen molar-refractivity contribution in [2.75, 3.05) is 7.11 Å². The van der Waals surface area contributed by atoms with Crippen LogP contribution in [0.3, 0.4) is 0 Å². The van der Waals surface area contributed by atoms with Crippen molar-refractivity contribution < 1.29 is 23.8 Å². The van der Waals surface area contributed by atoms with Gasteiger partial charge in [-0.1, -0.05) is 0 Å². The van der Waals surface area contributed by atoms with E-state index in [1.54, 1.807) is 6.92 Å². The predicted molar refractivity (Wildman–Crippen MR) is 48.5 cm³/mol. The highest BCUT2D eigenvalue weighted by Crippen LogP contribution is 2.31. The minimum atomic E-state index is -2.07. The Morgan fingerprint density at radius 1 is 1.36 bits per heavy atom. The van der Waals surface area contributed by atoms with E-state index in [1.807, 2.05) is 0 Å². The number of ether oxygens (including phenoxy) is 1. The topological polar surface area (TPSA) is 58.9 Å². The summed E-state index contributed by atoms with van der Waals surface area (Å²) in [6.45, 7) is 1.69. The molecule has 0 aliphatic carbocycles. The third-order valence-electron chi connectivity index (χ3n) is 1.60. The molecule has 2 N–H and O–H groups in total. The molecule has 6 heteroatoms. The predicted octanol–water partition coefficient (Wildman–Crippen LogP) is 0.491. The van der Waals surface area contributed by atoms with Crippen molar-refractivity contribution in [1.29, 1.82) is 0 Å². The van der Waals surface area contributed by atoms with Crippen LogP contribution in [-0.2, 0) is 0 Å². The summed E-state index contributed by atoms with van der Waals surface area (Å²) in [4.78, 5) is 0. The lowest BCUT2D eigenvalue weighted by atomic mass is 10.2. The van der Waals surface area contributed by atoms with Gasteiger partial charge in [-0.15, -0.1) is 0 Å². The Hall–Kier alpha value is -1.27. The van der Waals surface area contributed by atoms with Gasteiger partial charge in [-0.25, -0.2) is 4.39 Å². The molecule has 0 unspecified atom stereocenters. The van der Waals surface area contributed by atoms with E-state index in [9.17, 15) is 4.39 Å². The van der Waals surface area contributed by atoms with Gasteiger partial charge < -0.3 is 19.4 Å². The highest BCUT2D eigenvalue weighted by molar-refractivity contribution is 6.33. The number of rotatable bonds is 3. The van der Waals surface area contributed by atoms with Gasteiger partial charge in [-0.05, 0) is 24.6 Å². The molecular weight excluding hydrogens is 190 g/mol. The van der Waals surface area contributed by atoms with Crippen molar-refractivity contribution in [3.8, 4) is 11.5 Å². The minimum Gasteiger partial charge on any atom is -0.507 e. The molecule has 0 aromatic heterocycles. The fraction of sp³-hybridized carbons (Fsp3) is 0.250. The van der Waals surface area contributed by atoms with Gasteiger partial charge in [0.1, 0.15) is 0 Å². The molecule has 0 saturated carbocycles. The highest BCUT2D eigenvalue weighted by atomic mass is 19.1. The standard InChI is InChI=1S/C8H10BFO4/c1-5-3-6(10)8(14-9(11)12)7(4-5)13-2/h3-4,11-12H,1-2H3. The normalized spacial score (nSPS) is 9.79. The lowest BCUT2D eigenvalue weighted by Gasteiger charge is -2.11. The molecule has 0 saturated heterocycles. The second kappa shape index (κ2) is 4.30. The van der Waals surface area contributed by atoms with E-state index in [1.165, 1.54) is 19.2 Å². The van der Waals surface area contributed by atoms with Crippen LogP contribution in [0.1, 0.15) is 5.56 Å². The molecule has 1 aromatic rings. The van der Waals surface area contributed by atoms with E-state index >= 15 is 0 Å². The molecular formula is C8H10BFO4. The van der Waals surface area contributed by atoms with Crippen LogP contribution in [0.5, 0.6) is 11.5 Å². The monoisotopic (exact) mass is 200 g/mol. The van der Waals surface area contributed by atoms with Crippen LogP contribution in [0.4, 0.5) is 4.39 Å². The van der Waals surface area contributed by atoms with Crippen molar-refractivity contribution in [2.24, 2.45) is 0 Å². The summed E-state index contributed by atoms with van der Waals surface area (Å²) in [6.07, 6.45) is 0. The number of hydrogen-bond donors (Lipinski definition) is 2. The first-order valence-electron chi connectivity index (χ1n) is 3.91. The summed E-state index contributed by atoms with van der Waals surface area (Å²) in [5.41, 5.74) is 0.652. The fourth-order valence-electron chi connectivity index (χ4n) is 1.07. The minimum absolute atomic E-state index is 0.121. The lowest BCUT2D eigenvalue weighted by Crippen LogP contribution is -2.21. The van der Waals surface area contributed by atoms with Gasteiger partial charge in [-0.2, -0.15) is 0 Å². The number of methoxy groups -OCH3 is 1. The Balaban J connectivity index is 3.11. The van der Waals surface area contributed by atoms with Crippen LogP contribution < -0.4 is 9.39 Å². The molecule has 0 spiro atoms. The summed E-state index contributed by atoms with van der Waals surface area (Å²) in [5, 5.41) is 17.1. The summed E-state index contributed by atoms with van der Waals surface area (Å²) in [5.74, 6) is -0.890. The zero-order chi connectivity index (χ0) is 10.7. The molecule has 0 aliphatic rings. The second-order valence-corrected chi connectivity index (χ2v) is 2.72. The summed E-state index contributed by atoms with van der Waals surface area (Å²) < 4.78 is 22.5. The molecule has 4 nitrogen and oxygen atoms in total. The molecule has 76 valence electrons. The molecule has 0 heterocycles. The van der Waals surface area contributed by atoms with Crippen molar-refractivity contribution in [3.05, 3.63) is 23.5 Å². The molecule has 0 amide bonds. The third kappa shape index (κ3) is 2.37. The SMILES string of the molecule is COc1cc(C)cc(F)c1OB(O)O. The zero-order valence-electron chi connectivity index (χ0n) is 7.82. The van der Waals surface area contributed by atoms with Gasteiger partial charge in [0.25, 0.3) is 0 Å². The van der Waals surface area contributed by atoms with Gasteiger partial charge in [-0.3, -0.25) is 0 Å². The maximum atomic E-state index is 13.2. The fourth-order valence-corrected chi connectivity index (χ4v) is 1.07. The van der Waals surface area contributed by atoms with Crippen molar-refractivity contribution >= 4 is 7.32 Å².